The zero-order chi connectivity index (χ0) is 9.26. The molecule has 2 saturated heterocycles. The van der Waals surface area contributed by atoms with Crippen molar-refractivity contribution in [3.63, 3.8) is 0 Å². The molecule has 0 saturated carbocycles. The van der Waals surface area contributed by atoms with Gasteiger partial charge in [0.05, 0.1) is 0 Å². The molecule has 2 aliphatic heterocycles. The van der Waals surface area contributed by atoms with E-state index in [9.17, 15) is 0 Å². The van der Waals surface area contributed by atoms with Crippen LogP contribution in [-0.2, 0) is 0 Å². The summed E-state index contributed by atoms with van der Waals surface area (Å²) in [5.74, 6) is 0. The molecule has 1 atom stereocenters. The van der Waals surface area contributed by atoms with Crippen LogP contribution in [0.5, 0.6) is 0 Å². The SMILES string of the molecule is CC(C)N1CCC(N2CCCC2)C1. The molecule has 2 aliphatic rings. The summed E-state index contributed by atoms with van der Waals surface area (Å²) < 4.78 is 0. The summed E-state index contributed by atoms with van der Waals surface area (Å²) in [6.07, 6.45) is 4.26. The van der Waals surface area contributed by atoms with Gasteiger partial charge >= 0.3 is 0 Å². The molecule has 0 amide bonds. The summed E-state index contributed by atoms with van der Waals surface area (Å²) in [4.78, 5) is 5.31. The van der Waals surface area contributed by atoms with Crippen LogP contribution in [-0.4, -0.2) is 48.1 Å². The molecular formula is C11H22N2. The average molecular weight is 182 g/mol. The number of rotatable bonds is 2. The minimum atomic E-state index is 0.743. The molecule has 0 aromatic rings. The first-order chi connectivity index (χ1) is 6.27. The van der Waals surface area contributed by atoms with Gasteiger partial charge in [0.2, 0.25) is 0 Å². The maximum atomic E-state index is 2.70. The molecule has 0 aromatic heterocycles. The third-order valence-corrected chi connectivity index (χ3v) is 3.58. The minimum absolute atomic E-state index is 0.743. The zero-order valence-electron chi connectivity index (χ0n) is 9.00. The molecule has 2 rings (SSSR count). The topological polar surface area (TPSA) is 6.48 Å². The van der Waals surface area contributed by atoms with Gasteiger partial charge in [0, 0.05) is 25.2 Å². The van der Waals surface area contributed by atoms with Gasteiger partial charge in [-0.2, -0.15) is 0 Å². The normalized spacial score (nSPS) is 32.1. The Hall–Kier alpha value is -0.0800. The quantitative estimate of drug-likeness (QED) is 0.639. The van der Waals surface area contributed by atoms with Crippen LogP contribution in [0.4, 0.5) is 0 Å². The zero-order valence-corrected chi connectivity index (χ0v) is 9.00. The second-order valence-electron chi connectivity index (χ2n) is 4.77. The molecule has 2 nitrogen and oxygen atoms in total. The van der Waals surface area contributed by atoms with E-state index >= 15 is 0 Å². The van der Waals surface area contributed by atoms with E-state index in [4.69, 9.17) is 0 Å². The minimum Gasteiger partial charge on any atom is -0.299 e. The highest BCUT2D eigenvalue weighted by atomic mass is 15.3. The van der Waals surface area contributed by atoms with Crippen LogP contribution in [0.2, 0.25) is 0 Å². The van der Waals surface area contributed by atoms with E-state index in [-0.39, 0.29) is 0 Å². The smallest absolute Gasteiger partial charge is 0.0235 e. The fraction of sp³-hybridized carbons (Fsp3) is 1.00. The Morgan fingerprint density at radius 2 is 1.77 bits per heavy atom. The number of hydrogen-bond donors (Lipinski definition) is 0. The van der Waals surface area contributed by atoms with Gasteiger partial charge in [-0.1, -0.05) is 0 Å². The molecule has 0 aliphatic carbocycles. The summed E-state index contributed by atoms with van der Waals surface area (Å²) >= 11 is 0. The van der Waals surface area contributed by atoms with Gasteiger partial charge in [0.15, 0.2) is 0 Å². The molecule has 2 heterocycles. The van der Waals surface area contributed by atoms with Gasteiger partial charge in [-0.15, -0.1) is 0 Å². The van der Waals surface area contributed by atoms with Crippen molar-refractivity contribution < 1.29 is 0 Å². The summed E-state index contributed by atoms with van der Waals surface area (Å²) in [6, 6.07) is 1.62. The van der Waals surface area contributed by atoms with Crippen molar-refractivity contribution in [1.82, 2.24) is 9.80 Å². The van der Waals surface area contributed by atoms with Crippen LogP contribution in [0, 0.1) is 0 Å². The van der Waals surface area contributed by atoms with Crippen molar-refractivity contribution >= 4 is 0 Å². The van der Waals surface area contributed by atoms with Gasteiger partial charge in [-0.25, -0.2) is 0 Å². The fourth-order valence-electron chi connectivity index (χ4n) is 2.64. The first-order valence-electron chi connectivity index (χ1n) is 5.75. The molecule has 0 spiro atoms. The van der Waals surface area contributed by atoms with Crippen molar-refractivity contribution in [3.05, 3.63) is 0 Å². The molecule has 2 fully saturated rings. The monoisotopic (exact) mass is 182 g/mol. The summed E-state index contributed by atoms with van der Waals surface area (Å²) in [7, 11) is 0. The van der Waals surface area contributed by atoms with Crippen molar-refractivity contribution in [2.45, 2.75) is 45.2 Å². The van der Waals surface area contributed by atoms with Crippen molar-refractivity contribution in [2.24, 2.45) is 0 Å². The highest BCUT2D eigenvalue weighted by molar-refractivity contribution is 4.86. The standard InChI is InChI=1S/C11H22N2/c1-10(2)13-8-5-11(9-13)12-6-3-4-7-12/h10-11H,3-9H2,1-2H3. The predicted molar refractivity (Wildman–Crippen MR) is 55.9 cm³/mol. The first kappa shape index (κ1) is 9.47. The Bertz CT molecular complexity index is 161. The second kappa shape index (κ2) is 3.97. The largest absolute Gasteiger partial charge is 0.299 e. The maximum Gasteiger partial charge on any atom is 0.0235 e. The second-order valence-corrected chi connectivity index (χ2v) is 4.77. The molecule has 0 aromatic carbocycles. The van der Waals surface area contributed by atoms with Crippen LogP contribution in [0.25, 0.3) is 0 Å². The molecule has 0 bridgehead atoms. The highest BCUT2D eigenvalue weighted by Crippen LogP contribution is 2.21. The maximum absolute atomic E-state index is 2.70. The summed E-state index contributed by atoms with van der Waals surface area (Å²) in [5, 5.41) is 0. The van der Waals surface area contributed by atoms with E-state index in [1.54, 1.807) is 0 Å². The van der Waals surface area contributed by atoms with Crippen molar-refractivity contribution in [2.75, 3.05) is 26.2 Å². The number of nitrogens with zero attached hydrogens (tertiary/aromatic N) is 2. The van der Waals surface area contributed by atoms with E-state index in [0.717, 1.165) is 12.1 Å². The highest BCUT2D eigenvalue weighted by Gasteiger charge is 2.29. The number of likely N-dealkylation sites (tertiary alicyclic amines) is 2. The Kier molecular flexibility index (Phi) is 2.89. The Morgan fingerprint density at radius 3 is 2.31 bits per heavy atom. The third-order valence-electron chi connectivity index (χ3n) is 3.58. The molecule has 2 heteroatoms. The van der Waals surface area contributed by atoms with Crippen LogP contribution < -0.4 is 0 Å². The van der Waals surface area contributed by atoms with Gasteiger partial charge in [-0.05, 0) is 46.2 Å². The van der Waals surface area contributed by atoms with Gasteiger partial charge in [0.25, 0.3) is 0 Å². The van der Waals surface area contributed by atoms with Crippen LogP contribution in [0.15, 0.2) is 0 Å². The summed E-state index contributed by atoms with van der Waals surface area (Å²) in [5.41, 5.74) is 0. The summed E-state index contributed by atoms with van der Waals surface area (Å²) in [6.45, 7) is 9.97. The van der Waals surface area contributed by atoms with Gasteiger partial charge in [-0.3, -0.25) is 9.80 Å². The van der Waals surface area contributed by atoms with Crippen molar-refractivity contribution in [1.29, 1.82) is 0 Å². The van der Waals surface area contributed by atoms with E-state index in [1.165, 1.54) is 45.4 Å². The molecule has 1 unspecified atom stereocenters. The first-order valence-corrected chi connectivity index (χ1v) is 5.75. The predicted octanol–water partition coefficient (Wildman–Crippen LogP) is 1.56. The van der Waals surface area contributed by atoms with Crippen LogP contribution in [0.1, 0.15) is 33.1 Å². The number of hydrogen-bond acceptors (Lipinski definition) is 2. The fourth-order valence-corrected chi connectivity index (χ4v) is 2.64. The Morgan fingerprint density at radius 1 is 1.08 bits per heavy atom. The van der Waals surface area contributed by atoms with E-state index < -0.39 is 0 Å². The van der Waals surface area contributed by atoms with Crippen molar-refractivity contribution in [3.8, 4) is 0 Å². The van der Waals surface area contributed by atoms with Gasteiger partial charge < -0.3 is 0 Å². The lowest BCUT2D eigenvalue weighted by Gasteiger charge is -2.25. The van der Waals surface area contributed by atoms with Crippen LogP contribution >= 0.6 is 0 Å². The van der Waals surface area contributed by atoms with E-state index in [1.807, 2.05) is 0 Å². The molecular weight excluding hydrogens is 160 g/mol. The average Bonchev–Trinajstić information content (AvgIpc) is 2.75. The van der Waals surface area contributed by atoms with Gasteiger partial charge in [0.1, 0.15) is 0 Å². The molecule has 13 heavy (non-hydrogen) atoms. The molecule has 0 radical (unpaired) electrons. The molecule has 76 valence electrons. The lowest BCUT2D eigenvalue weighted by Crippen LogP contribution is -2.37. The van der Waals surface area contributed by atoms with E-state index in [0.29, 0.717) is 0 Å². The molecule has 0 N–H and O–H groups in total. The van der Waals surface area contributed by atoms with E-state index in [2.05, 4.69) is 23.6 Å². The Labute approximate surface area is 81.9 Å². The Balaban J connectivity index is 1.83. The lowest BCUT2D eigenvalue weighted by atomic mass is 10.2. The van der Waals surface area contributed by atoms with Crippen LogP contribution in [0.3, 0.4) is 0 Å². The lowest BCUT2D eigenvalue weighted by molar-refractivity contribution is 0.214. The third kappa shape index (κ3) is 2.05.